The van der Waals surface area contributed by atoms with Gasteiger partial charge in [0.25, 0.3) is 5.91 Å². The van der Waals surface area contributed by atoms with E-state index in [1.807, 2.05) is 0 Å². The first kappa shape index (κ1) is 16.7. The van der Waals surface area contributed by atoms with Crippen LogP contribution < -0.4 is 16.2 Å². The third kappa shape index (κ3) is 5.27. The van der Waals surface area contributed by atoms with Gasteiger partial charge in [-0.15, -0.1) is 0 Å². The predicted octanol–water partition coefficient (Wildman–Crippen LogP) is 2.56. The van der Waals surface area contributed by atoms with Crippen molar-refractivity contribution < 1.29 is 9.59 Å². The molecule has 2 amide bonds. The van der Waals surface area contributed by atoms with Crippen LogP contribution in [0.3, 0.4) is 0 Å². The van der Waals surface area contributed by atoms with E-state index in [-0.39, 0.29) is 16.9 Å². The number of benzene rings is 1. The summed E-state index contributed by atoms with van der Waals surface area (Å²) < 4.78 is 0. The second-order valence-corrected chi connectivity index (χ2v) is 6.16. The maximum absolute atomic E-state index is 11.8. The maximum atomic E-state index is 11.8. The topological polar surface area (TPSA) is 70.2 Å². The molecule has 0 radical (unpaired) electrons. The molecule has 1 aromatic rings. The van der Waals surface area contributed by atoms with Crippen molar-refractivity contribution in [3.63, 3.8) is 0 Å². The number of hydrogen-bond acceptors (Lipinski definition) is 3. The molecule has 1 saturated carbocycles. The van der Waals surface area contributed by atoms with Crippen LogP contribution in [0.5, 0.6) is 0 Å². The third-order valence-corrected chi connectivity index (χ3v) is 4.05. The van der Waals surface area contributed by atoms with Crippen molar-refractivity contribution in [3.8, 4) is 0 Å². The molecule has 1 aliphatic carbocycles. The standard InChI is InChI=1S/C15H18ClN3O2S/c16-12-7-5-11(6-8-12)14(21)18-19-15(22)17-13(20)9-10-3-1-2-4-10/h5-8,10H,1-4,9H2,(H,18,21)(H2,17,19,20,22). The zero-order valence-electron chi connectivity index (χ0n) is 12.0. The smallest absolute Gasteiger partial charge is 0.269 e. The first-order valence-electron chi connectivity index (χ1n) is 7.20. The highest BCUT2D eigenvalue weighted by molar-refractivity contribution is 7.80. The number of carbonyl (C=O) groups is 2. The normalized spacial score (nSPS) is 14.4. The molecule has 0 saturated heterocycles. The summed E-state index contributed by atoms with van der Waals surface area (Å²) in [5, 5.41) is 3.21. The van der Waals surface area contributed by atoms with Crippen LogP contribution in [-0.4, -0.2) is 16.9 Å². The Labute approximate surface area is 139 Å². The zero-order valence-corrected chi connectivity index (χ0v) is 13.6. The van der Waals surface area contributed by atoms with Crippen molar-refractivity contribution in [2.45, 2.75) is 32.1 Å². The van der Waals surface area contributed by atoms with Crippen LogP contribution in [0.1, 0.15) is 42.5 Å². The van der Waals surface area contributed by atoms with Gasteiger partial charge in [0.15, 0.2) is 5.11 Å². The Hall–Kier alpha value is -1.66. The molecule has 1 aliphatic rings. The van der Waals surface area contributed by atoms with Crippen molar-refractivity contribution in [1.29, 1.82) is 0 Å². The van der Waals surface area contributed by atoms with Crippen molar-refractivity contribution in [2.24, 2.45) is 5.92 Å². The monoisotopic (exact) mass is 339 g/mol. The number of rotatable bonds is 3. The fourth-order valence-corrected chi connectivity index (χ4v) is 2.76. The van der Waals surface area contributed by atoms with E-state index in [0.29, 0.717) is 22.9 Å². The fourth-order valence-electron chi connectivity index (χ4n) is 2.47. The largest absolute Gasteiger partial charge is 0.302 e. The lowest BCUT2D eigenvalue weighted by Crippen LogP contribution is -2.48. The molecule has 0 aliphatic heterocycles. The van der Waals surface area contributed by atoms with E-state index in [4.69, 9.17) is 23.8 Å². The van der Waals surface area contributed by atoms with Crippen molar-refractivity contribution in [3.05, 3.63) is 34.9 Å². The zero-order chi connectivity index (χ0) is 15.9. The molecular weight excluding hydrogens is 322 g/mol. The molecular formula is C15H18ClN3O2S. The van der Waals surface area contributed by atoms with Crippen molar-refractivity contribution >= 4 is 40.7 Å². The quantitative estimate of drug-likeness (QED) is 0.584. The van der Waals surface area contributed by atoms with Crippen LogP contribution in [-0.2, 0) is 4.79 Å². The number of hydrogen-bond donors (Lipinski definition) is 3. The van der Waals surface area contributed by atoms with Crippen LogP contribution in [0.15, 0.2) is 24.3 Å². The van der Waals surface area contributed by atoms with E-state index in [2.05, 4.69) is 16.2 Å². The molecule has 0 spiro atoms. The molecule has 0 unspecified atom stereocenters. The van der Waals surface area contributed by atoms with Crippen LogP contribution in [0.4, 0.5) is 0 Å². The van der Waals surface area contributed by atoms with E-state index in [9.17, 15) is 9.59 Å². The molecule has 7 heteroatoms. The summed E-state index contributed by atoms with van der Waals surface area (Å²) in [6.45, 7) is 0. The van der Waals surface area contributed by atoms with Gasteiger partial charge < -0.3 is 5.32 Å². The predicted molar refractivity (Wildman–Crippen MR) is 89.4 cm³/mol. The molecule has 1 aromatic carbocycles. The molecule has 0 atom stereocenters. The average Bonchev–Trinajstić information content (AvgIpc) is 2.98. The Balaban J connectivity index is 1.71. The second kappa shape index (κ2) is 8.10. The van der Waals surface area contributed by atoms with Crippen LogP contribution in [0, 0.1) is 5.92 Å². The highest BCUT2D eigenvalue weighted by atomic mass is 35.5. The minimum atomic E-state index is -0.357. The Morgan fingerprint density at radius 1 is 1.14 bits per heavy atom. The second-order valence-electron chi connectivity index (χ2n) is 5.32. The lowest BCUT2D eigenvalue weighted by molar-refractivity contribution is -0.120. The van der Waals surface area contributed by atoms with Crippen LogP contribution >= 0.6 is 23.8 Å². The van der Waals surface area contributed by atoms with E-state index in [1.54, 1.807) is 24.3 Å². The van der Waals surface area contributed by atoms with Gasteiger partial charge in [-0.05, 0) is 55.2 Å². The molecule has 1 fully saturated rings. The Bertz CT molecular complexity index is 556. The number of hydrazine groups is 1. The van der Waals surface area contributed by atoms with E-state index >= 15 is 0 Å². The van der Waals surface area contributed by atoms with E-state index in [0.717, 1.165) is 12.8 Å². The Morgan fingerprint density at radius 2 is 1.77 bits per heavy atom. The molecule has 0 aromatic heterocycles. The fraction of sp³-hybridized carbons (Fsp3) is 0.400. The Kier molecular flexibility index (Phi) is 6.15. The van der Waals surface area contributed by atoms with Gasteiger partial charge in [0.05, 0.1) is 0 Å². The van der Waals surface area contributed by atoms with Gasteiger partial charge in [0, 0.05) is 17.0 Å². The van der Waals surface area contributed by atoms with Gasteiger partial charge >= 0.3 is 0 Å². The van der Waals surface area contributed by atoms with Gasteiger partial charge in [0.1, 0.15) is 0 Å². The maximum Gasteiger partial charge on any atom is 0.269 e. The molecule has 5 nitrogen and oxygen atoms in total. The lowest BCUT2D eigenvalue weighted by atomic mass is 10.0. The highest BCUT2D eigenvalue weighted by Crippen LogP contribution is 2.27. The summed E-state index contributed by atoms with van der Waals surface area (Å²) in [4.78, 5) is 23.6. The van der Waals surface area contributed by atoms with Gasteiger partial charge in [-0.1, -0.05) is 24.4 Å². The highest BCUT2D eigenvalue weighted by Gasteiger charge is 2.18. The molecule has 22 heavy (non-hydrogen) atoms. The average molecular weight is 340 g/mol. The van der Waals surface area contributed by atoms with Gasteiger partial charge in [-0.25, -0.2) is 0 Å². The molecule has 0 bridgehead atoms. The summed E-state index contributed by atoms with van der Waals surface area (Å²) in [6, 6.07) is 6.44. The summed E-state index contributed by atoms with van der Waals surface area (Å²) in [5.74, 6) is -0.0272. The minimum absolute atomic E-state index is 0.0883. The third-order valence-electron chi connectivity index (χ3n) is 3.60. The first-order valence-corrected chi connectivity index (χ1v) is 7.99. The number of carbonyl (C=O) groups excluding carboxylic acids is 2. The van der Waals surface area contributed by atoms with E-state index < -0.39 is 0 Å². The summed E-state index contributed by atoms with van der Waals surface area (Å²) >= 11 is 10.7. The number of halogens is 1. The van der Waals surface area contributed by atoms with Gasteiger partial charge in [-0.2, -0.15) is 0 Å². The molecule has 118 valence electrons. The molecule has 2 rings (SSSR count). The van der Waals surface area contributed by atoms with Gasteiger partial charge in [0.2, 0.25) is 5.91 Å². The van der Waals surface area contributed by atoms with E-state index in [1.165, 1.54) is 12.8 Å². The summed E-state index contributed by atoms with van der Waals surface area (Å²) in [6.07, 6.45) is 5.06. The minimum Gasteiger partial charge on any atom is -0.302 e. The first-order chi connectivity index (χ1) is 10.5. The SMILES string of the molecule is O=C(CC1CCCC1)NC(=S)NNC(=O)c1ccc(Cl)cc1. The summed E-state index contributed by atoms with van der Waals surface area (Å²) in [7, 11) is 0. The van der Waals surface area contributed by atoms with Crippen LogP contribution in [0.2, 0.25) is 5.02 Å². The summed E-state index contributed by atoms with van der Waals surface area (Å²) in [5.41, 5.74) is 5.39. The lowest BCUT2D eigenvalue weighted by Gasteiger charge is -2.12. The Morgan fingerprint density at radius 3 is 2.41 bits per heavy atom. The van der Waals surface area contributed by atoms with Crippen molar-refractivity contribution in [2.75, 3.05) is 0 Å². The molecule has 0 heterocycles. The van der Waals surface area contributed by atoms with Crippen molar-refractivity contribution in [1.82, 2.24) is 16.2 Å². The number of amides is 2. The van der Waals surface area contributed by atoms with Gasteiger partial charge in [-0.3, -0.25) is 20.4 Å². The number of nitrogens with one attached hydrogen (secondary N) is 3. The van der Waals surface area contributed by atoms with Crippen LogP contribution in [0.25, 0.3) is 0 Å². The number of thiocarbonyl (C=S) groups is 1. The molecule has 3 N–H and O–H groups in total.